The van der Waals surface area contributed by atoms with Gasteiger partial charge in [-0.05, 0) is 30.7 Å². The van der Waals surface area contributed by atoms with E-state index in [9.17, 15) is 4.79 Å². The lowest BCUT2D eigenvalue weighted by atomic mass is 10.1. The normalized spacial score (nSPS) is 9.00. The molecular formula is C10H14ClNO2. The van der Waals surface area contributed by atoms with E-state index in [1.807, 2.05) is 12.1 Å². The van der Waals surface area contributed by atoms with Crippen LogP contribution in [0.3, 0.4) is 0 Å². The van der Waals surface area contributed by atoms with Crippen molar-refractivity contribution in [3.05, 3.63) is 35.4 Å². The molecule has 0 amide bonds. The molecular weight excluding hydrogens is 202 g/mol. The number of halogens is 1. The molecule has 0 heterocycles. The van der Waals surface area contributed by atoms with Crippen LogP contribution in [0.4, 0.5) is 0 Å². The minimum atomic E-state index is -0.306. The van der Waals surface area contributed by atoms with Crippen molar-refractivity contribution in [1.29, 1.82) is 0 Å². The molecule has 0 fully saturated rings. The first-order valence-electron chi connectivity index (χ1n) is 4.15. The number of methoxy groups -OCH3 is 1. The minimum absolute atomic E-state index is 0. The summed E-state index contributed by atoms with van der Waals surface area (Å²) in [6.07, 6.45) is 0.835. The molecule has 0 unspecified atom stereocenters. The van der Waals surface area contributed by atoms with Crippen LogP contribution >= 0.6 is 12.4 Å². The van der Waals surface area contributed by atoms with E-state index in [-0.39, 0.29) is 18.4 Å². The zero-order chi connectivity index (χ0) is 9.68. The van der Waals surface area contributed by atoms with Gasteiger partial charge in [-0.2, -0.15) is 0 Å². The van der Waals surface area contributed by atoms with Crippen LogP contribution in [-0.4, -0.2) is 19.6 Å². The lowest BCUT2D eigenvalue weighted by Crippen LogP contribution is -2.04. The zero-order valence-corrected chi connectivity index (χ0v) is 8.84. The van der Waals surface area contributed by atoms with E-state index in [0.29, 0.717) is 12.1 Å². The summed E-state index contributed by atoms with van der Waals surface area (Å²) in [5, 5.41) is 0. The number of hydrogen-bond donors (Lipinski definition) is 1. The van der Waals surface area contributed by atoms with Crippen LogP contribution in [0.5, 0.6) is 0 Å². The summed E-state index contributed by atoms with van der Waals surface area (Å²) in [5.41, 5.74) is 7.10. The number of ether oxygens (including phenoxy) is 1. The van der Waals surface area contributed by atoms with Crippen molar-refractivity contribution in [2.75, 3.05) is 13.7 Å². The van der Waals surface area contributed by atoms with E-state index in [0.717, 1.165) is 12.0 Å². The topological polar surface area (TPSA) is 52.3 Å². The molecule has 0 saturated carbocycles. The molecule has 0 aliphatic rings. The van der Waals surface area contributed by atoms with Crippen LogP contribution in [0.25, 0.3) is 0 Å². The molecule has 0 aliphatic heterocycles. The van der Waals surface area contributed by atoms with Crippen molar-refractivity contribution in [3.8, 4) is 0 Å². The van der Waals surface area contributed by atoms with Gasteiger partial charge in [-0.15, -0.1) is 12.4 Å². The molecule has 78 valence electrons. The molecule has 0 atom stereocenters. The van der Waals surface area contributed by atoms with Crippen LogP contribution in [-0.2, 0) is 11.2 Å². The van der Waals surface area contributed by atoms with Gasteiger partial charge >= 0.3 is 5.97 Å². The molecule has 4 heteroatoms. The van der Waals surface area contributed by atoms with E-state index in [4.69, 9.17) is 5.73 Å². The van der Waals surface area contributed by atoms with Gasteiger partial charge in [-0.1, -0.05) is 12.1 Å². The van der Waals surface area contributed by atoms with Crippen molar-refractivity contribution in [3.63, 3.8) is 0 Å². The van der Waals surface area contributed by atoms with Gasteiger partial charge in [0.2, 0.25) is 0 Å². The fraction of sp³-hybridized carbons (Fsp3) is 0.300. The van der Waals surface area contributed by atoms with Crippen molar-refractivity contribution in [2.24, 2.45) is 5.73 Å². The molecule has 0 spiro atoms. The first kappa shape index (κ1) is 12.9. The monoisotopic (exact) mass is 215 g/mol. The first-order chi connectivity index (χ1) is 6.27. The van der Waals surface area contributed by atoms with E-state index < -0.39 is 0 Å². The van der Waals surface area contributed by atoms with Crippen LogP contribution in [0.2, 0.25) is 0 Å². The van der Waals surface area contributed by atoms with Gasteiger partial charge in [0.1, 0.15) is 0 Å². The van der Waals surface area contributed by atoms with Crippen LogP contribution < -0.4 is 5.73 Å². The maximum absolute atomic E-state index is 11.0. The van der Waals surface area contributed by atoms with Crippen LogP contribution in [0.15, 0.2) is 24.3 Å². The summed E-state index contributed by atoms with van der Waals surface area (Å²) in [5.74, 6) is -0.306. The number of rotatable bonds is 3. The maximum Gasteiger partial charge on any atom is 0.337 e. The second-order valence-corrected chi connectivity index (χ2v) is 2.73. The molecule has 0 radical (unpaired) electrons. The third kappa shape index (κ3) is 3.36. The second kappa shape index (κ2) is 6.40. The standard InChI is InChI=1S/C10H13NO2.ClH/c1-13-10(12)9-4-2-8(3-5-9)6-7-11;/h2-5H,6-7,11H2,1H3;1H. The fourth-order valence-corrected chi connectivity index (χ4v) is 1.09. The summed E-state index contributed by atoms with van der Waals surface area (Å²) < 4.78 is 4.57. The van der Waals surface area contributed by atoms with Crippen molar-refractivity contribution < 1.29 is 9.53 Å². The molecule has 0 bridgehead atoms. The van der Waals surface area contributed by atoms with Gasteiger partial charge < -0.3 is 10.5 Å². The predicted molar refractivity (Wildman–Crippen MR) is 57.8 cm³/mol. The molecule has 2 N–H and O–H groups in total. The first-order valence-corrected chi connectivity index (χ1v) is 4.15. The number of benzene rings is 1. The highest BCUT2D eigenvalue weighted by Gasteiger charge is 2.03. The molecule has 1 rings (SSSR count). The van der Waals surface area contributed by atoms with Crippen LogP contribution in [0, 0.1) is 0 Å². The Balaban J connectivity index is 0.00000169. The number of hydrogen-bond acceptors (Lipinski definition) is 3. The Morgan fingerprint density at radius 2 is 1.93 bits per heavy atom. The minimum Gasteiger partial charge on any atom is -0.465 e. The summed E-state index contributed by atoms with van der Waals surface area (Å²) >= 11 is 0. The predicted octanol–water partition coefficient (Wildman–Crippen LogP) is 1.40. The molecule has 1 aromatic carbocycles. The zero-order valence-electron chi connectivity index (χ0n) is 8.03. The highest BCUT2D eigenvalue weighted by atomic mass is 35.5. The molecule has 3 nitrogen and oxygen atoms in total. The SMILES string of the molecule is COC(=O)c1ccc(CCN)cc1.Cl. The Morgan fingerprint density at radius 3 is 2.36 bits per heavy atom. The van der Waals surface area contributed by atoms with Gasteiger partial charge in [0, 0.05) is 0 Å². The van der Waals surface area contributed by atoms with Crippen molar-refractivity contribution in [2.45, 2.75) is 6.42 Å². The Bertz CT molecular complexity index is 285. The quantitative estimate of drug-likeness (QED) is 0.776. The van der Waals surface area contributed by atoms with Gasteiger partial charge in [-0.3, -0.25) is 0 Å². The van der Waals surface area contributed by atoms with Gasteiger partial charge in [-0.25, -0.2) is 4.79 Å². The maximum atomic E-state index is 11.0. The van der Waals surface area contributed by atoms with Gasteiger partial charge in [0.05, 0.1) is 12.7 Å². The number of esters is 1. The average molecular weight is 216 g/mol. The third-order valence-electron chi connectivity index (χ3n) is 1.81. The van der Waals surface area contributed by atoms with E-state index in [1.165, 1.54) is 7.11 Å². The van der Waals surface area contributed by atoms with Crippen LogP contribution in [0.1, 0.15) is 15.9 Å². The second-order valence-electron chi connectivity index (χ2n) is 2.73. The number of carbonyl (C=O) groups is 1. The molecule has 0 aliphatic carbocycles. The van der Waals surface area contributed by atoms with Gasteiger partial charge in [0.15, 0.2) is 0 Å². The summed E-state index contributed by atoms with van der Waals surface area (Å²) in [6.45, 7) is 0.623. The number of carbonyl (C=O) groups excluding carboxylic acids is 1. The van der Waals surface area contributed by atoms with E-state index >= 15 is 0 Å². The van der Waals surface area contributed by atoms with Crippen molar-refractivity contribution >= 4 is 18.4 Å². The fourth-order valence-electron chi connectivity index (χ4n) is 1.09. The Hall–Kier alpha value is -1.06. The number of nitrogens with two attached hydrogens (primary N) is 1. The van der Waals surface area contributed by atoms with E-state index in [1.54, 1.807) is 12.1 Å². The summed E-state index contributed by atoms with van der Waals surface area (Å²) in [4.78, 5) is 11.0. The van der Waals surface area contributed by atoms with E-state index in [2.05, 4.69) is 4.74 Å². The molecule has 0 aromatic heterocycles. The largest absolute Gasteiger partial charge is 0.465 e. The summed E-state index contributed by atoms with van der Waals surface area (Å²) in [6, 6.07) is 7.27. The highest BCUT2D eigenvalue weighted by Crippen LogP contribution is 2.05. The highest BCUT2D eigenvalue weighted by molar-refractivity contribution is 5.89. The lowest BCUT2D eigenvalue weighted by molar-refractivity contribution is 0.0601. The smallest absolute Gasteiger partial charge is 0.337 e. The molecule has 0 saturated heterocycles. The summed E-state index contributed by atoms with van der Waals surface area (Å²) in [7, 11) is 1.37. The Morgan fingerprint density at radius 1 is 1.36 bits per heavy atom. The average Bonchev–Trinajstić information content (AvgIpc) is 2.18. The van der Waals surface area contributed by atoms with Gasteiger partial charge in [0.25, 0.3) is 0 Å². The lowest BCUT2D eigenvalue weighted by Gasteiger charge is -2.00. The molecule has 1 aromatic rings. The van der Waals surface area contributed by atoms with Crippen molar-refractivity contribution in [1.82, 2.24) is 0 Å². The Labute approximate surface area is 89.7 Å². The third-order valence-corrected chi connectivity index (χ3v) is 1.81. The Kier molecular flexibility index (Phi) is 5.92. The molecule has 14 heavy (non-hydrogen) atoms.